The highest BCUT2D eigenvalue weighted by Crippen LogP contribution is 2.29. The van der Waals surface area contributed by atoms with E-state index in [1.54, 1.807) is 6.92 Å². The summed E-state index contributed by atoms with van der Waals surface area (Å²) in [5.41, 5.74) is -0.648. The molecule has 0 aromatic carbocycles. The van der Waals surface area contributed by atoms with Crippen molar-refractivity contribution in [2.24, 2.45) is 0 Å². The van der Waals surface area contributed by atoms with Gasteiger partial charge in [-0.3, -0.25) is 4.98 Å². The zero-order valence-corrected chi connectivity index (χ0v) is 9.49. The summed E-state index contributed by atoms with van der Waals surface area (Å²) in [4.78, 5) is 3.70. The Bertz CT molecular complexity index is 407. The first kappa shape index (κ1) is 14.8. The molecule has 0 aliphatic heterocycles. The lowest BCUT2D eigenvalue weighted by Gasteiger charge is -2.16. The molecule has 0 spiro atoms. The van der Waals surface area contributed by atoms with E-state index in [1.165, 1.54) is 0 Å². The number of pyridine rings is 1. The molecule has 0 aliphatic carbocycles. The summed E-state index contributed by atoms with van der Waals surface area (Å²) in [5.74, 6) is 0. The van der Waals surface area contributed by atoms with Crippen LogP contribution in [0.3, 0.4) is 0 Å². The van der Waals surface area contributed by atoms with Crippen LogP contribution in [-0.4, -0.2) is 17.3 Å². The van der Waals surface area contributed by atoms with Gasteiger partial charge in [0.2, 0.25) is 0 Å². The van der Waals surface area contributed by atoms with Crippen molar-refractivity contribution in [2.45, 2.75) is 38.5 Å². The van der Waals surface area contributed by atoms with Gasteiger partial charge in [0, 0.05) is 11.9 Å². The van der Waals surface area contributed by atoms with Gasteiger partial charge in [-0.25, -0.2) is 0 Å². The Kier molecular flexibility index (Phi) is 4.24. The predicted molar refractivity (Wildman–Crippen MR) is 53.1 cm³/mol. The average Bonchev–Trinajstić information content (AvgIpc) is 2.16. The van der Waals surface area contributed by atoms with Crippen LogP contribution in [0.5, 0.6) is 0 Å². The number of hydrogen-bond donors (Lipinski definition) is 0. The Morgan fingerprint density at radius 3 is 2.00 bits per heavy atom. The van der Waals surface area contributed by atoms with Crippen molar-refractivity contribution >= 4 is 0 Å². The zero-order valence-electron chi connectivity index (χ0n) is 9.49. The van der Waals surface area contributed by atoms with Gasteiger partial charge in [0.05, 0.1) is 12.8 Å². The fourth-order valence-corrected chi connectivity index (χ4v) is 1.68. The minimum Gasteiger partial charge on any atom is -0.261 e. The van der Waals surface area contributed by atoms with E-state index < -0.39 is 25.2 Å². The molecule has 1 heterocycles. The predicted octanol–water partition coefficient (Wildman–Crippen LogP) is 3.85. The highest BCUT2D eigenvalue weighted by Gasteiger charge is 2.34. The number of hydrogen-bond acceptors (Lipinski definition) is 1. The van der Waals surface area contributed by atoms with Crippen LogP contribution < -0.4 is 0 Å². The van der Waals surface area contributed by atoms with Crippen LogP contribution in [0.1, 0.15) is 23.7 Å². The number of alkyl halides is 6. The standard InChI is InChI=1S/C11H11F6N/c1-2-9-8(6-11(15,16)17)7(3-4-18-9)5-10(12,13)14/h3-4H,2,5-6H2,1H3. The molecule has 0 saturated heterocycles. The van der Waals surface area contributed by atoms with Crippen LogP contribution in [-0.2, 0) is 19.3 Å². The van der Waals surface area contributed by atoms with Crippen molar-refractivity contribution in [3.63, 3.8) is 0 Å². The third-order valence-electron chi connectivity index (χ3n) is 2.35. The van der Waals surface area contributed by atoms with Crippen LogP contribution in [0.2, 0.25) is 0 Å². The van der Waals surface area contributed by atoms with E-state index in [2.05, 4.69) is 4.98 Å². The Hall–Kier alpha value is -1.27. The monoisotopic (exact) mass is 271 g/mol. The quantitative estimate of drug-likeness (QED) is 0.761. The molecule has 0 saturated carbocycles. The first-order valence-electron chi connectivity index (χ1n) is 5.21. The first-order chi connectivity index (χ1) is 8.12. The van der Waals surface area contributed by atoms with Gasteiger partial charge in [-0.2, -0.15) is 26.3 Å². The Morgan fingerprint density at radius 2 is 1.56 bits per heavy atom. The summed E-state index contributed by atoms with van der Waals surface area (Å²) < 4.78 is 73.9. The maximum absolute atomic E-state index is 12.4. The van der Waals surface area contributed by atoms with Crippen LogP contribution in [0, 0.1) is 0 Å². The van der Waals surface area contributed by atoms with Gasteiger partial charge in [-0.05, 0) is 23.6 Å². The summed E-state index contributed by atoms with van der Waals surface area (Å²) >= 11 is 0. The molecule has 0 fully saturated rings. The van der Waals surface area contributed by atoms with Crippen molar-refractivity contribution in [3.05, 3.63) is 29.1 Å². The Labute approximate surface area is 99.8 Å². The highest BCUT2D eigenvalue weighted by atomic mass is 19.4. The maximum Gasteiger partial charge on any atom is 0.393 e. The van der Waals surface area contributed by atoms with Crippen molar-refractivity contribution in [2.75, 3.05) is 0 Å². The van der Waals surface area contributed by atoms with E-state index in [0.29, 0.717) is 0 Å². The van der Waals surface area contributed by atoms with E-state index in [1.807, 2.05) is 0 Å². The summed E-state index contributed by atoms with van der Waals surface area (Å²) in [6.07, 6.45) is -10.6. The van der Waals surface area contributed by atoms with Crippen molar-refractivity contribution < 1.29 is 26.3 Å². The summed E-state index contributed by atoms with van der Waals surface area (Å²) in [5, 5.41) is 0. The normalized spacial score (nSPS) is 12.8. The summed E-state index contributed by atoms with van der Waals surface area (Å²) in [7, 11) is 0. The second-order valence-electron chi connectivity index (χ2n) is 3.83. The van der Waals surface area contributed by atoms with E-state index in [-0.39, 0.29) is 23.2 Å². The molecule has 0 unspecified atom stereocenters. The number of halogens is 6. The lowest BCUT2D eigenvalue weighted by atomic mass is 9.99. The van der Waals surface area contributed by atoms with Gasteiger partial charge in [0.1, 0.15) is 0 Å². The molecule has 7 heteroatoms. The SMILES string of the molecule is CCc1nccc(CC(F)(F)F)c1CC(F)(F)F. The fourth-order valence-electron chi connectivity index (χ4n) is 1.68. The minimum absolute atomic E-state index is 0.0640. The van der Waals surface area contributed by atoms with Crippen LogP contribution >= 0.6 is 0 Å². The van der Waals surface area contributed by atoms with Crippen molar-refractivity contribution in [1.29, 1.82) is 0 Å². The van der Waals surface area contributed by atoms with Gasteiger partial charge in [0.15, 0.2) is 0 Å². The molecule has 0 N–H and O–H groups in total. The number of nitrogens with zero attached hydrogens (tertiary/aromatic N) is 1. The number of aryl methyl sites for hydroxylation is 1. The Balaban J connectivity index is 3.16. The molecule has 0 radical (unpaired) electrons. The first-order valence-corrected chi connectivity index (χ1v) is 5.21. The van der Waals surface area contributed by atoms with Crippen molar-refractivity contribution in [1.82, 2.24) is 4.98 Å². The molecule has 1 nitrogen and oxygen atoms in total. The van der Waals surface area contributed by atoms with Gasteiger partial charge in [-0.15, -0.1) is 0 Å². The lowest BCUT2D eigenvalue weighted by Crippen LogP contribution is -2.19. The smallest absolute Gasteiger partial charge is 0.261 e. The van der Waals surface area contributed by atoms with Gasteiger partial charge >= 0.3 is 12.4 Å². The van der Waals surface area contributed by atoms with Gasteiger partial charge < -0.3 is 0 Å². The van der Waals surface area contributed by atoms with E-state index in [0.717, 1.165) is 12.3 Å². The largest absolute Gasteiger partial charge is 0.393 e. The Morgan fingerprint density at radius 1 is 1.00 bits per heavy atom. The molecular weight excluding hydrogens is 260 g/mol. The third-order valence-corrected chi connectivity index (χ3v) is 2.35. The third kappa shape index (κ3) is 4.54. The second-order valence-corrected chi connectivity index (χ2v) is 3.83. The van der Waals surface area contributed by atoms with E-state index in [4.69, 9.17) is 0 Å². The molecule has 1 aromatic heterocycles. The lowest BCUT2D eigenvalue weighted by molar-refractivity contribution is -0.132. The molecule has 0 aliphatic rings. The molecule has 0 atom stereocenters. The number of rotatable bonds is 3. The molecule has 0 amide bonds. The fraction of sp³-hybridized carbons (Fsp3) is 0.545. The van der Waals surface area contributed by atoms with Crippen LogP contribution in [0.15, 0.2) is 12.3 Å². The second kappa shape index (κ2) is 5.16. The van der Waals surface area contributed by atoms with E-state index in [9.17, 15) is 26.3 Å². The molecule has 0 bridgehead atoms. The zero-order chi connectivity index (χ0) is 14.0. The molecule has 102 valence electrons. The van der Waals surface area contributed by atoms with Gasteiger partial charge in [0.25, 0.3) is 0 Å². The molecule has 1 rings (SSSR count). The number of aromatic nitrogens is 1. The van der Waals surface area contributed by atoms with Crippen molar-refractivity contribution in [3.8, 4) is 0 Å². The maximum atomic E-state index is 12.4. The van der Waals surface area contributed by atoms with E-state index >= 15 is 0 Å². The molecule has 18 heavy (non-hydrogen) atoms. The molecule has 1 aromatic rings. The highest BCUT2D eigenvalue weighted by molar-refractivity contribution is 5.31. The minimum atomic E-state index is -4.55. The van der Waals surface area contributed by atoms with Gasteiger partial charge in [-0.1, -0.05) is 6.92 Å². The van der Waals surface area contributed by atoms with Crippen LogP contribution in [0.25, 0.3) is 0 Å². The summed E-state index contributed by atoms with van der Waals surface area (Å²) in [6, 6.07) is 0.994. The summed E-state index contributed by atoms with van der Waals surface area (Å²) in [6.45, 7) is 1.56. The van der Waals surface area contributed by atoms with Crippen LogP contribution in [0.4, 0.5) is 26.3 Å². The average molecular weight is 271 g/mol. The molecular formula is C11H11F6N. The topological polar surface area (TPSA) is 12.9 Å².